The van der Waals surface area contributed by atoms with Crippen molar-refractivity contribution in [2.45, 2.75) is 6.54 Å². The van der Waals surface area contributed by atoms with Crippen LogP contribution in [0.4, 0.5) is 4.39 Å². The molecule has 5 heteroatoms. The lowest BCUT2D eigenvalue weighted by atomic mass is 10.2. The van der Waals surface area contributed by atoms with E-state index in [1.807, 2.05) is 0 Å². The molecule has 1 N–H and O–H groups in total. The Morgan fingerprint density at radius 3 is 2.53 bits per heavy atom. The molecule has 1 amide bonds. The summed E-state index contributed by atoms with van der Waals surface area (Å²) < 4.78 is 13.1. The average Bonchev–Trinajstić information content (AvgIpc) is 2.20. The normalized spacial score (nSPS) is 9.73. The Bertz CT molecular complexity index is 392. The molecule has 0 fully saturated rings. The number of benzene rings is 1. The minimum Gasteiger partial charge on any atom is -0.474 e. The van der Waals surface area contributed by atoms with Crippen molar-refractivity contribution in [3.8, 4) is 0 Å². The van der Waals surface area contributed by atoms with E-state index in [4.69, 9.17) is 5.11 Å². The van der Waals surface area contributed by atoms with E-state index in [1.165, 1.54) is 25.2 Å². The van der Waals surface area contributed by atoms with Crippen LogP contribution in [0, 0.1) is 5.82 Å². The minimum atomic E-state index is -1.55. The summed E-state index contributed by atoms with van der Waals surface area (Å²) in [7, 11) is 1.31. The van der Waals surface area contributed by atoms with Crippen LogP contribution < -0.4 is 0 Å². The van der Waals surface area contributed by atoms with Crippen molar-refractivity contribution in [3.63, 3.8) is 0 Å². The fourth-order valence-electron chi connectivity index (χ4n) is 1.12. The van der Waals surface area contributed by atoms with Crippen molar-refractivity contribution in [2.24, 2.45) is 0 Å². The molecule has 80 valence electrons. The van der Waals surface area contributed by atoms with Crippen LogP contribution in [0.15, 0.2) is 24.3 Å². The molecule has 0 aliphatic carbocycles. The number of likely N-dealkylation sites (N-methyl/N-ethyl adjacent to an activating group) is 1. The van der Waals surface area contributed by atoms with Gasteiger partial charge in [-0.15, -0.1) is 0 Å². The standard InChI is InChI=1S/C10H10FNO3/c1-12(9(13)10(14)15)6-7-4-2-3-5-8(7)11/h2-5H,6H2,1H3,(H,14,15). The molecule has 0 radical (unpaired) electrons. The van der Waals surface area contributed by atoms with E-state index in [-0.39, 0.29) is 12.1 Å². The molecule has 1 aromatic rings. The minimum absolute atomic E-state index is 0.0577. The number of amides is 1. The van der Waals surface area contributed by atoms with Gasteiger partial charge < -0.3 is 10.0 Å². The molecule has 4 nitrogen and oxygen atoms in total. The highest BCUT2D eigenvalue weighted by Gasteiger charge is 2.17. The van der Waals surface area contributed by atoms with E-state index in [2.05, 4.69) is 0 Å². The molecule has 15 heavy (non-hydrogen) atoms. The zero-order valence-corrected chi connectivity index (χ0v) is 8.11. The first-order chi connectivity index (χ1) is 7.02. The molecule has 0 saturated carbocycles. The van der Waals surface area contributed by atoms with Gasteiger partial charge in [0.1, 0.15) is 5.82 Å². The van der Waals surface area contributed by atoms with E-state index >= 15 is 0 Å². The van der Waals surface area contributed by atoms with Crippen LogP contribution in [0.3, 0.4) is 0 Å². The molecule has 1 rings (SSSR count). The van der Waals surface area contributed by atoms with Gasteiger partial charge in [-0.25, -0.2) is 9.18 Å². The summed E-state index contributed by atoms with van der Waals surface area (Å²) in [6, 6.07) is 5.91. The monoisotopic (exact) mass is 211 g/mol. The van der Waals surface area contributed by atoms with Crippen LogP contribution in [-0.2, 0) is 16.1 Å². The fourth-order valence-corrected chi connectivity index (χ4v) is 1.12. The number of rotatable bonds is 2. The molecule has 0 aromatic heterocycles. The first-order valence-corrected chi connectivity index (χ1v) is 4.24. The first-order valence-electron chi connectivity index (χ1n) is 4.24. The number of halogens is 1. The smallest absolute Gasteiger partial charge is 0.394 e. The summed E-state index contributed by atoms with van der Waals surface area (Å²) in [4.78, 5) is 22.2. The summed E-state index contributed by atoms with van der Waals surface area (Å²) in [5.41, 5.74) is 0.287. The first kappa shape index (κ1) is 11.2. The van der Waals surface area contributed by atoms with Gasteiger partial charge in [0.15, 0.2) is 0 Å². The molecule has 0 bridgehead atoms. The van der Waals surface area contributed by atoms with Gasteiger partial charge in [0.25, 0.3) is 0 Å². The number of carbonyl (C=O) groups is 2. The Morgan fingerprint density at radius 1 is 1.40 bits per heavy atom. The van der Waals surface area contributed by atoms with Crippen molar-refractivity contribution >= 4 is 11.9 Å². The lowest BCUT2D eigenvalue weighted by Gasteiger charge is -2.14. The van der Waals surface area contributed by atoms with E-state index in [0.29, 0.717) is 0 Å². The summed E-state index contributed by atoms with van der Waals surface area (Å²) in [6.07, 6.45) is 0. The average molecular weight is 211 g/mol. The largest absolute Gasteiger partial charge is 0.474 e. The van der Waals surface area contributed by atoms with E-state index in [9.17, 15) is 14.0 Å². The predicted molar refractivity (Wildman–Crippen MR) is 50.5 cm³/mol. The van der Waals surface area contributed by atoms with Crippen LogP contribution >= 0.6 is 0 Å². The number of carbonyl (C=O) groups excluding carboxylic acids is 1. The maximum absolute atomic E-state index is 13.1. The van der Waals surface area contributed by atoms with Gasteiger partial charge in [-0.05, 0) is 6.07 Å². The maximum Gasteiger partial charge on any atom is 0.394 e. The Labute approximate surface area is 85.9 Å². The SMILES string of the molecule is CN(Cc1ccccc1F)C(=O)C(=O)O. The van der Waals surface area contributed by atoms with Gasteiger partial charge in [-0.2, -0.15) is 0 Å². The van der Waals surface area contributed by atoms with E-state index in [0.717, 1.165) is 4.90 Å². The number of carboxylic acids is 1. The highest BCUT2D eigenvalue weighted by molar-refractivity contribution is 6.31. The predicted octanol–water partition coefficient (Wildman–Crippen LogP) is 0.869. The maximum atomic E-state index is 13.1. The van der Waals surface area contributed by atoms with E-state index < -0.39 is 17.7 Å². The molecule has 0 unspecified atom stereocenters. The number of carboxylic acid groups (broad SMARTS) is 1. The van der Waals surface area contributed by atoms with Crippen LogP contribution in [-0.4, -0.2) is 28.9 Å². The number of hydrogen-bond donors (Lipinski definition) is 1. The van der Waals surface area contributed by atoms with Crippen molar-refractivity contribution in [2.75, 3.05) is 7.05 Å². The molecule has 0 heterocycles. The van der Waals surface area contributed by atoms with Crippen molar-refractivity contribution in [1.82, 2.24) is 4.90 Å². The summed E-state index contributed by atoms with van der Waals surface area (Å²) in [6.45, 7) is -0.0577. The Kier molecular flexibility index (Phi) is 3.38. The van der Waals surface area contributed by atoms with Crippen molar-refractivity contribution in [1.29, 1.82) is 0 Å². The lowest BCUT2D eigenvalue weighted by molar-refractivity contribution is -0.155. The third kappa shape index (κ3) is 2.77. The second-order valence-electron chi connectivity index (χ2n) is 3.06. The van der Waals surface area contributed by atoms with E-state index in [1.54, 1.807) is 6.07 Å². The second-order valence-corrected chi connectivity index (χ2v) is 3.06. The van der Waals surface area contributed by atoms with Gasteiger partial charge >= 0.3 is 11.9 Å². The number of hydrogen-bond acceptors (Lipinski definition) is 2. The van der Waals surface area contributed by atoms with Crippen LogP contribution in [0.5, 0.6) is 0 Å². The highest BCUT2D eigenvalue weighted by atomic mass is 19.1. The number of nitrogens with zero attached hydrogens (tertiary/aromatic N) is 1. The summed E-state index contributed by atoms with van der Waals surface area (Å²) >= 11 is 0. The van der Waals surface area contributed by atoms with Crippen LogP contribution in [0.1, 0.15) is 5.56 Å². The quantitative estimate of drug-likeness (QED) is 0.738. The van der Waals surface area contributed by atoms with Gasteiger partial charge in [0.05, 0.1) is 0 Å². The Morgan fingerprint density at radius 2 is 2.00 bits per heavy atom. The lowest BCUT2D eigenvalue weighted by Crippen LogP contribution is -2.32. The molecular formula is C10H10FNO3. The Balaban J connectivity index is 2.75. The zero-order valence-electron chi connectivity index (χ0n) is 8.11. The molecule has 0 spiro atoms. The second kappa shape index (κ2) is 4.54. The number of aliphatic carboxylic acids is 1. The Hall–Kier alpha value is -1.91. The molecule has 0 aliphatic rings. The van der Waals surface area contributed by atoms with Crippen LogP contribution in [0.2, 0.25) is 0 Å². The van der Waals surface area contributed by atoms with Crippen molar-refractivity contribution in [3.05, 3.63) is 35.6 Å². The third-order valence-electron chi connectivity index (χ3n) is 1.90. The van der Waals surface area contributed by atoms with Gasteiger partial charge in [-0.3, -0.25) is 4.79 Å². The van der Waals surface area contributed by atoms with Gasteiger partial charge in [0.2, 0.25) is 0 Å². The van der Waals surface area contributed by atoms with Crippen LogP contribution in [0.25, 0.3) is 0 Å². The highest BCUT2D eigenvalue weighted by Crippen LogP contribution is 2.08. The third-order valence-corrected chi connectivity index (χ3v) is 1.90. The molecule has 0 saturated heterocycles. The topological polar surface area (TPSA) is 57.6 Å². The summed E-state index contributed by atoms with van der Waals surface area (Å²) in [5.74, 6) is -3.06. The molecule has 0 atom stereocenters. The molecular weight excluding hydrogens is 201 g/mol. The summed E-state index contributed by atoms with van der Waals surface area (Å²) in [5, 5.41) is 8.41. The van der Waals surface area contributed by atoms with Gasteiger partial charge in [-0.1, -0.05) is 18.2 Å². The molecule has 0 aliphatic heterocycles. The zero-order chi connectivity index (χ0) is 11.4. The van der Waals surface area contributed by atoms with Gasteiger partial charge in [0, 0.05) is 19.2 Å². The fraction of sp³-hybridized carbons (Fsp3) is 0.200. The van der Waals surface area contributed by atoms with Crippen molar-refractivity contribution < 1.29 is 19.1 Å². The molecule has 1 aromatic carbocycles.